The summed E-state index contributed by atoms with van der Waals surface area (Å²) in [5, 5.41) is 8.74. The second-order valence-electron chi connectivity index (χ2n) is 3.58. The Morgan fingerprint density at radius 2 is 2.36 bits per heavy atom. The highest BCUT2D eigenvalue weighted by atomic mass is 32.2. The lowest BCUT2D eigenvalue weighted by atomic mass is 10.0. The van der Waals surface area contributed by atoms with E-state index in [-0.39, 0.29) is 6.04 Å². The lowest BCUT2D eigenvalue weighted by Crippen LogP contribution is -2.30. The van der Waals surface area contributed by atoms with Crippen LogP contribution in [0, 0.1) is 5.92 Å². The van der Waals surface area contributed by atoms with Crippen molar-refractivity contribution >= 4 is 11.8 Å². The van der Waals surface area contributed by atoms with Gasteiger partial charge in [-0.05, 0) is 5.92 Å². The zero-order valence-corrected chi connectivity index (χ0v) is 9.79. The fraction of sp³-hybridized carbons (Fsp3) is 0.778. The van der Waals surface area contributed by atoms with E-state index in [0.717, 1.165) is 17.3 Å². The van der Waals surface area contributed by atoms with E-state index in [1.165, 1.54) is 0 Å². The molecule has 1 heterocycles. The summed E-state index contributed by atoms with van der Waals surface area (Å²) in [7, 11) is 1.94. The van der Waals surface area contributed by atoms with Crippen molar-refractivity contribution in [2.24, 2.45) is 18.7 Å². The molecule has 2 N–H and O–H groups in total. The first-order valence-corrected chi connectivity index (χ1v) is 5.86. The molecule has 1 rings (SSSR count). The molecule has 80 valence electrons. The van der Waals surface area contributed by atoms with Crippen molar-refractivity contribution in [2.75, 3.05) is 5.75 Å². The van der Waals surface area contributed by atoms with E-state index in [0.29, 0.717) is 5.92 Å². The van der Waals surface area contributed by atoms with Crippen LogP contribution in [0.2, 0.25) is 0 Å². The molecule has 0 amide bonds. The van der Waals surface area contributed by atoms with Crippen molar-refractivity contribution in [3.63, 3.8) is 0 Å². The third-order valence-corrected chi connectivity index (χ3v) is 3.63. The Kier molecular flexibility index (Phi) is 4.41. The summed E-state index contributed by atoms with van der Waals surface area (Å²) in [4.78, 5) is 0. The summed E-state index contributed by atoms with van der Waals surface area (Å²) in [5.74, 6) is 1.47. The zero-order valence-electron chi connectivity index (χ0n) is 8.97. The predicted molar refractivity (Wildman–Crippen MR) is 59.2 cm³/mol. The van der Waals surface area contributed by atoms with Crippen LogP contribution < -0.4 is 5.73 Å². The molecule has 1 aromatic heterocycles. The van der Waals surface area contributed by atoms with Crippen molar-refractivity contribution in [3.05, 3.63) is 6.33 Å². The molecule has 0 radical (unpaired) electrons. The number of hydrogen-bond donors (Lipinski definition) is 1. The van der Waals surface area contributed by atoms with Crippen LogP contribution in [0.25, 0.3) is 0 Å². The average molecular weight is 214 g/mol. The van der Waals surface area contributed by atoms with E-state index in [2.05, 4.69) is 24.0 Å². The number of nitrogens with two attached hydrogens (primary N) is 1. The minimum Gasteiger partial charge on any atom is -0.327 e. The molecule has 5 heteroatoms. The Hall–Kier alpha value is -0.550. The number of aromatic nitrogens is 3. The summed E-state index contributed by atoms with van der Waals surface area (Å²) >= 11 is 1.67. The van der Waals surface area contributed by atoms with Crippen LogP contribution in [0.5, 0.6) is 0 Å². The third-order valence-electron chi connectivity index (χ3n) is 2.45. The molecule has 14 heavy (non-hydrogen) atoms. The molecule has 0 aliphatic rings. The predicted octanol–water partition coefficient (Wildman–Crippen LogP) is 1.28. The standard InChI is InChI=1S/C9H18N4S/c1-4-7(2)8(10)5-14-9-12-11-6-13(9)3/h6-8H,4-5,10H2,1-3H3/t7-,8-/m0/s1. The van der Waals surface area contributed by atoms with Crippen LogP contribution in [0.15, 0.2) is 11.5 Å². The van der Waals surface area contributed by atoms with Crippen LogP contribution >= 0.6 is 11.8 Å². The van der Waals surface area contributed by atoms with Gasteiger partial charge in [-0.15, -0.1) is 10.2 Å². The van der Waals surface area contributed by atoms with Crippen molar-refractivity contribution < 1.29 is 0 Å². The summed E-state index contributed by atoms with van der Waals surface area (Å²) in [6.07, 6.45) is 2.83. The van der Waals surface area contributed by atoms with Gasteiger partial charge in [-0.25, -0.2) is 0 Å². The molecule has 0 fully saturated rings. The minimum absolute atomic E-state index is 0.238. The highest BCUT2D eigenvalue weighted by molar-refractivity contribution is 7.99. The second-order valence-corrected chi connectivity index (χ2v) is 4.57. The third kappa shape index (κ3) is 2.99. The van der Waals surface area contributed by atoms with Crippen LogP contribution in [-0.4, -0.2) is 26.6 Å². The topological polar surface area (TPSA) is 56.7 Å². The maximum absolute atomic E-state index is 6.02. The van der Waals surface area contributed by atoms with Crippen LogP contribution in [0.1, 0.15) is 20.3 Å². The highest BCUT2D eigenvalue weighted by Crippen LogP contribution is 2.17. The number of rotatable bonds is 5. The Morgan fingerprint density at radius 3 is 2.86 bits per heavy atom. The minimum atomic E-state index is 0.238. The highest BCUT2D eigenvalue weighted by Gasteiger charge is 2.12. The normalized spacial score (nSPS) is 15.4. The molecule has 1 aromatic rings. The van der Waals surface area contributed by atoms with Gasteiger partial charge in [0.1, 0.15) is 6.33 Å². The van der Waals surface area contributed by atoms with Crippen LogP contribution in [0.4, 0.5) is 0 Å². The van der Waals surface area contributed by atoms with E-state index < -0.39 is 0 Å². The monoisotopic (exact) mass is 214 g/mol. The van der Waals surface area contributed by atoms with Gasteiger partial charge in [0.25, 0.3) is 0 Å². The van der Waals surface area contributed by atoms with Gasteiger partial charge in [0.15, 0.2) is 5.16 Å². The fourth-order valence-electron chi connectivity index (χ4n) is 1.04. The zero-order chi connectivity index (χ0) is 10.6. The summed E-state index contributed by atoms with van der Waals surface area (Å²) < 4.78 is 1.91. The molecule has 0 aromatic carbocycles. The fourth-order valence-corrected chi connectivity index (χ4v) is 2.07. The maximum atomic E-state index is 6.02. The number of hydrogen-bond acceptors (Lipinski definition) is 4. The first kappa shape index (κ1) is 11.5. The summed E-state index contributed by atoms with van der Waals surface area (Å²) in [6, 6.07) is 0.238. The van der Waals surface area contributed by atoms with E-state index in [1.807, 2.05) is 11.6 Å². The molecule has 4 nitrogen and oxygen atoms in total. The van der Waals surface area contributed by atoms with Gasteiger partial charge in [0.2, 0.25) is 0 Å². The van der Waals surface area contributed by atoms with Gasteiger partial charge in [0, 0.05) is 18.8 Å². The van der Waals surface area contributed by atoms with Gasteiger partial charge in [-0.2, -0.15) is 0 Å². The Bertz CT molecular complexity index is 274. The first-order valence-electron chi connectivity index (χ1n) is 4.87. The Morgan fingerprint density at radius 1 is 1.64 bits per heavy atom. The molecule has 2 atom stereocenters. The van der Waals surface area contributed by atoms with E-state index in [1.54, 1.807) is 18.1 Å². The van der Waals surface area contributed by atoms with Gasteiger partial charge in [-0.3, -0.25) is 0 Å². The van der Waals surface area contributed by atoms with E-state index in [4.69, 9.17) is 5.73 Å². The number of thioether (sulfide) groups is 1. The van der Waals surface area contributed by atoms with Gasteiger partial charge in [0.05, 0.1) is 0 Å². The van der Waals surface area contributed by atoms with Gasteiger partial charge < -0.3 is 10.3 Å². The average Bonchev–Trinajstić information content (AvgIpc) is 2.59. The van der Waals surface area contributed by atoms with Crippen molar-refractivity contribution in [1.82, 2.24) is 14.8 Å². The van der Waals surface area contributed by atoms with Crippen molar-refractivity contribution in [3.8, 4) is 0 Å². The molecular weight excluding hydrogens is 196 g/mol. The molecule has 0 aliphatic heterocycles. The van der Waals surface area contributed by atoms with Crippen molar-refractivity contribution in [2.45, 2.75) is 31.5 Å². The molecule has 0 aliphatic carbocycles. The summed E-state index contributed by atoms with van der Waals surface area (Å²) in [6.45, 7) is 4.35. The molecule has 0 saturated heterocycles. The SMILES string of the molecule is CC[C@H](C)[C@@H](N)CSc1nncn1C. The van der Waals surface area contributed by atoms with Gasteiger partial charge in [-0.1, -0.05) is 32.0 Å². The molecule has 0 saturated carbocycles. The van der Waals surface area contributed by atoms with Crippen LogP contribution in [-0.2, 0) is 7.05 Å². The molecule has 0 spiro atoms. The van der Waals surface area contributed by atoms with E-state index >= 15 is 0 Å². The van der Waals surface area contributed by atoms with Crippen LogP contribution in [0.3, 0.4) is 0 Å². The quantitative estimate of drug-likeness (QED) is 0.750. The Balaban J connectivity index is 2.37. The number of nitrogens with zero attached hydrogens (tertiary/aromatic N) is 3. The smallest absolute Gasteiger partial charge is 0.190 e. The summed E-state index contributed by atoms with van der Waals surface area (Å²) in [5.41, 5.74) is 6.02. The second kappa shape index (κ2) is 5.36. The number of aryl methyl sites for hydroxylation is 1. The molecule has 0 bridgehead atoms. The lowest BCUT2D eigenvalue weighted by molar-refractivity contribution is 0.475. The first-order chi connectivity index (χ1) is 6.65. The van der Waals surface area contributed by atoms with Gasteiger partial charge >= 0.3 is 0 Å². The Labute approximate surface area is 89.3 Å². The van der Waals surface area contributed by atoms with E-state index in [9.17, 15) is 0 Å². The maximum Gasteiger partial charge on any atom is 0.190 e. The lowest BCUT2D eigenvalue weighted by Gasteiger charge is -2.16. The van der Waals surface area contributed by atoms with Crippen molar-refractivity contribution in [1.29, 1.82) is 0 Å². The largest absolute Gasteiger partial charge is 0.327 e. The molecular formula is C9H18N4S. The molecule has 0 unspecified atom stereocenters.